The minimum atomic E-state index is -0.0947. The number of likely N-dealkylation sites (tertiary alicyclic amines) is 1. The maximum Gasteiger partial charge on any atom is 0.237 e. The van der Waals surface area contributed by atoms with Crippen molar-refractivity contribution in [2.75, 3.05) is 49.5 Å². The monoisotopic (exact) mass is 441 g/mol. The lowest BCUT2D eigenvalue weighted by Crippen LogP contribution is -2.65. The Morgan fingerprint density at radius 2 is 1.84 bits per heavy atom. The quantitative estimate of drug-likeness (QED) is 0.422. The van der Waals surface area contributed by atoms with Gasteiger partial charge in [-0.25, -0.2) is 0 Å². The normalized spacial score (nSPS) is 35.9. The molecule has 32 heavy (non-hydrogen) atoms. The SMILES string of the molecule is O=C1NCCC2C3CNC(Nc4ccc(N5CCNCC5)nn4)NC3N(C3CCCC3)C12. The number of piperidine rings is 1. The number of anilines is 2. The van der Waals surface area contributed by atoms with Crippen LogP contribution >= 0.6 is 0 Å². The van der Waals surface area contributed by atoms with Crippen molar-refractivity contribution >= 4 is 17.5 Å². The molecule has 0 radical (unpaired) electrons. The molecule has 1 aliphatic carbocycles. The summed E-state index contributed by atoms with van der Waals surface area (Å²) in [7, 11) is 0. The van der Waals surface area contributed by atoms with Gasteiger partial charge in [-0.2, -0.15) is 0 Å². The lowest BCUT2D eigenvalue weighted by Gasteiger charge is -2.41. The summed E-state index contributed by atoms with van der Waals surface area (Å²) < 4.78 is 0. The first-order valence-electron chi connectivity index (χ1n) is 12.4. The summed E-state index contributed by atoms with van der Waals surface area (Å²) in [4.78, 5) is 17.7. The number of aromatic nitrogens is 2. The van der Waals surface area contributed by atoms with Crippen LogP contribution in [0.4, 0.5) is 11.6 Å². The molecule has 0 bridgehead atoms. The maximum absolute atomic E-state index is 12.9. The molecule has 1 saturated carbocycles. The van der Waals surface area contributed by atoms with Gasteiger partial charge >= 0.3 is 0 Å². The van der Waals surface area contributed by atoms with Gasteiger partial charge in [-0.1, -0.05) is 12.8 Å². The third-order valence-corrected chi connectivity index (χ3v) is 8.07. The minimum absolute atomic E-state index is 0.00741. The first-order chi connectivity index (χ1) is 15.8. The van der Waals surface area contributed by atoms with E-state index < -0.39 is 0 Å². The molecular weight excluding hydrogens is 406 g/mol. The molecule has 0 aromatic carbocycles. The molecule has 5 atom stereocenters. The highest BCUT2D eigenvalue weighted by molar-refractivity contribution is 5.83. The van der Waals surface area contributed by atoms with Crippen LogP contribution < -0.4 is 31.5 Å². The summed E-state index contributed by atoms with van der Waals surface area (Å²) in [5, 5.41) is 26.2. The first-order valence-corrected chi connectivity index (χ1v) is 12.4. The number of hydrogen-bond donors (Lipinski definition) is 5. The molecule has 6 rings (SSSR count). The molecular formula is C22H35N9O. The van der Waals surface area contributed by atoms with Gasteiger partial charge < -0.3 is 20.9 Å². The molecule has 1 amide bonds. The van der Waals surface area contributed by atoms with Gasteiger partial charge in [0.15, 0.2) is 11.6 Å². The van der Waals surface area contributed by atoms with Crippen molar-refractivity contribution in [1.82, 2.24) is 36.4 Å². The number of amides is 1. The van der Waals surface area contributed by atoms with Crippen LogP contribution in [0.15, 0.2) is 12.1 Å². The Labute approximate surface area is 189 Å². The number of nitrogens with zero attached hydrogens (tertiary/aromatic N) is 4. The van der Waals surface area contributed by atoms with Gasteiger partial charge in [0.05, 0.1) is 12.2 Å². The second-order valence-electron chi connectivity index (χ2n) is 9.85. The van der Waals surface area contributed by atoms with E-state index in [-0.39, 0.29) is 24.4 Å². The van der Waals surface area contributed by atoms with Crippen LogP contribution in [0.2, 0.25) is 0 Å². The molecule has 1 aromatic rings. The van der Waals surface area contributed by atoms with Crippen molar-refractivity contribution in [3.8, 4) is 0 Å². The van der Waals surface area contributed by atoms with Crippen molar-refractivity contribution in [2.24, 2.45) is 11.8 Å². The lowest BCUT2D eigenvalue weighted by atomic mass is 9.83. The third kappa shape index (κ3) is 3.72. The highest BCUT2D eigenvalue weighted by Crippen LogP contribution is 2.43. The Balaban J connectivity index is 1.16. The molecule has 10 nitrogen and oxygen atoms in total. The molecule has 10 heteroatoms. The molecule has 4 saturated heterocycles. The van der Waals surface area contributed by atoms with Gasteiger partial charge in [-0.05, 0) is 37.3 Å². The van der Waals surface area contributed by atoms with Crippen molar-refractivity contribution in [3.05, 3.63) is 12.1 Å². The van der Waals surface area contributed by atoms with E-state index in [1.54, 1.807) is 0 Å². The van der Waals surface area contributed by atoms with E-state index in [9.17, 15) is 4.79 Å². The van der Waals surface area contributed by atoms with E-state index in [0.29, 0.717) is 17.9 Å². The summed E-state index contributed by atoms with van der Waals surface area (Å²) >= 11 is 0. The average Bonchev–Trinajstić information content (AvgIpc) is 3.47. The standard InChI is InChI=1S/C22H35N9O/c32-21-19-15(7-8-24-21)16-13-25-22(27-20(16)31(19)14-3-1-2-4-14)26-17-5-6-18(29-28-17)30-11-9-23-10-12-30/h5-6,14-16,19-20,22-23,25,27H,1-4,7-13H2,(H,24,32)(H,26,28). The Kier molecular flexibility index (Phi) is 5.62. The van der Waals surface area contributed by atoms with Gasteiger partial charge in [0.1, 0.15) is 6.29 Å². The zero-order chi connectivity index (χ0) is 21.5. The molecule has 4 aliphatic heterocycles. The van der Waals surface area contributed by atoms with Crippen LogP contribution in [-0.4, -0.2) is 84.8 Å². The number of fused-ring (bicyclic) bond motifs is 3. The summed E-state index contributed by atoms with van der Waals surface area (Å²) in [6.45, 7) is 5.60. The predicted octanol–water partition coefficient (Wildman–Crippen LogP) is -0.520. The largest absolute Gasteiger partial charge is 0.355 e. The van der Waals surface area contributed by atoms with Gasteiger partial charge in [0, 0.05) is 51.2 Å². The van der Waals surface area contributed by atoms with Gasteiger partial charge in [0.2, 0.25) is 5.91 Å². The first kappa shape index (κ1) is 20.6. The number of carbonyl (C=O) groups excluding carboxylic acids is 1. The fraction of sp³-hybridized carbons (Fsp3) is 0.773. The third-order valence-electron chi connectivity index (χ3n) is 8.07. The molecule has 5 aliphatic rings. The summed E-state index contributed by atoms with van der Waals surface area (Å²) in [6.07, 6.45) is 6.13. The number of piperazine rings is 1. The fourth-order valence-corrected chi connectivity index (χ4v) is 6.57. The van der Waals surface area contributed by atoms with Crippen molar-refractivity contribution in [2.45, 2.75) is 56.6 Å². The molecule has 5 unspecified atom stereocenters. The summed E-state index contributed by atoms with van der Waals surface area (Å²) in [6, 6.07) is 4.57. The Morgan fingerprint density at radius 3 is 2.62 bits per heavy atom. The summed E-state index contributed by atoms with van der Waals surface area (Å²) in [5.41, 5.74) is 0. The van der Waals surface area contributed by atoms with Gasteiger partial charge in [-0.15, -0.1) is 10.2 Å². The summed E-state index contributed by atoms with van der Waals surface area (Å²) in [5.74, 6) is 2.79. The zero-order valence-electron chi connectivity index (χ0n) is 18.6. The molecule has 174 valence electrons. The predicted molar refractivity (Wildman–Crippen MR) is 122 cm³/mol. The number of nitrogens with one attached hydrogen (secondary N) is 5. The highest BCUT2D eigenvalue weighted by Gasteiger charge is 2.56. The molecule has 0 spiro atoms. The van der Waals surface area contributed by atoms with Crippen LogP contribution in [0.25, 0.3) is 0 Å². The van der Waals surface area contributed by atoms with Crippen LogP contribution in [0.1, 0.15) is 32.1 Å². The fourth-order valence-electron chi connectivity index (χ4n) is 6.57. The van der Waals surface area contributed by atoms with E-state index in [4.69, 9.17) is 0 Å². The average molecular weight is 442 g/mol. The maximum atomic E-state index is 12.9. The Morgan fingerprint density at radius 1 is 1.00 bits per heavy atom. The number of hydrogen-bond acceptors (Lipinski definition) is 9. The minimum Gasteiger partial charge on any atom is -0.355 e. The highest BCUT2D eigenvalue weighted by atomic mass is 16.2. The van der Waals surface area contributed by atoms with Crippen LogP contribution in [0.3, 0.4) is 0 Å². The second kappa shape index (κ2) is 8.74. The van der Waals surface area contributed by atoms with Crippen molar-refractivity contribution in [1.29, 1.82) is 0 Å². The van der Waals surface area contributed by atoms with E-state index in [1.165, 1.54) is 25.7 Å². The molecule has 5 N–H and O–H groups in total. The molecule has 5 fully saturated rings. The number of rotatable bonds is 4. The van der Waals surface area contributed by atoms with Crippen molar-refractivity contribution in [3.63, 3.8) is 0 Å². The van der Waals surface area contributed by atoms with Gasteiger partial charge in [-0.3, -0.25) is 20.3 Å². The topological polar surface area (TPSA) is 109 Å². The Hall–Kier alpha value is -2.01. The van der Waals surface area contributed by atoms with Crippen LogP contribution in [0.5, 0.6) is 0 Å². The second-order valence-corrected chi connectivity index (χ2v) is 9.85. The van der Waals surface area contributed by atoms with E-state index >= 15 is 0 Å². The molecule has 1 aromatic heterocycles. The number of carbonyl (C=O) groups is 1. The van der Waals surface area contributed by atoms with Crippen LogP contribution in [-0.2, 0) is 4.79 Å². The Bertz CT molecular complexity index is 808. The van der Waals surface area contributed by atoms with Crippen molar-refractivity contribution < 1.29 is 4.79 Å². The zero-order valence-corrected chi connectivity index (χ0v) is 18.6. The van der Waals surface area contributed by atoms with Crippen LogP contribution in [0, 0.1) is 11.8 Å². The van der Waals surface area contributed by atoms with E-state index in [0.717, 1.165) is 57.3 Å². The molecule has 5 heterocycles. The smallest absolute Gasteiger partial charge is 0.237 e. The lowest BCUT2D eigenvalue weighted by molar-refractivity contribution is -0.130. The van der Waals surface area contributed by atoms with Gasteiger partial charge in [0.25, 0.3) is 0 Å². The van der Waals surface area contributed by atoms with E-state index in [2.05, 4.69) is 46.6 Å². The van der Waals surface area contributed by atoms with E-state index in [1.807, 2.05) is 12.1 Å².